The fraction of sp³-hybridized carbons (Fsp3) is 0.188. The van der Waals surface area contributed by atoms with Crippen molar-refractivity contribution in [3.63, 3.8) is 0 Å². The lowest BCUT2D eigenvalue weighted by Gasteiger charge is -2.27. The van der Waals surface area contributed by atoms with E-state index in [0.29, 0.717) is 10.0 Å². The van der Waals surface area contributed by atoms with Gasteiger partial charge in [-0.2, -0.15) is 0 Å². The van der Waals surface area contributed by atoms with Crippen LogP contribution in [0.25, 0.3) is 0 Å². The molecule has 0 aromatic heterocycles. The zero-order valence-corrected chi connectivity index (χ0v) is 13.3. The molecule has 0 radical (unpaired) electrons. The predicted molar refractivity (Wildman–Crippen MR) is 88.1 cm³/mol. The predicted octanol–water partition coefficient (Wildman–Crippen LogP) is 5.05. The van der Waals surface area contributed by atoms with Gasteiger partial charge in [0.15, 0.2) is 0 Å². The lowest BCUT2D eigenvalue weighted by atomic mass is 9.94. The third-order valence-electron chi connectivity index (χ3n) is 3.04. The van der Waals surface area contributed by atoms with Crippen LogP contribution in [-0.2, 0) is 5.54 Å². The summed E-state index contributed by atoms with van der Waals surface area (Å²) in [5.41, 5.74) is 0.964. The largest absolute Gasteiger partial charge is 0.329 e. The third-order valence-corrected chi connectivity index (χ3v) is 3.48. The van der Waals surface area contributed by atoms with Gasteiger partial charge in [-0.05, 0) is 49.7 Å². The second kappa shape index (κ2) is 6.37. The highest BCUT2D eigenvalue weighted by Crippen LogP contribution is 2.27. The highest BCUT2D eigenvalue weighted by Gasteiger charge is 2.23. The van der Waals surface area contributed by atoms with Crippen molar-refractivity contribution in [3.05, 3.63) is 64.1 Å². The van der Waals surface area contributed by atoms with Gasteiger partial charge in [-0.25, -0.2) is 4.79 Å². The monoisotopic (exact) mass is 322 g/mol. The highest BCUT2D eigenvalue weighted by atomic mass is 35.5. The maximum atomic E-state index is 12.1. The Kier molecular flexibility index (Phi) is 4.76. The molecule has 0 aliphatic rings. The van der Waals surface area contributed by atoms with Gasteiger partial charge >= 0.3 is 6.03 Å². The minimum atomic E-state index is -0.604. The van der Waals surface area contributed by atoms with Crippen LogP contribution in [0.3, 0.4) is 0 Å². The first kappa shape index (κ1) is 15.7. The van der Waals surface area contributed by atoms with E-state index in [1.807, 2.05) is 44.2 Å². The molecule has 0 saturated heterocycles. The molecular weight excluding hydrogens is 307 g/mol. The highest BCUT2D eigenvalue weighted by molar-refractivity contribution is 6.34. The van der Waals surface area contributed by atoms with Crippen molar-refractivity contribution >= 4 is 34.9 Å². The Labute approximate surface area is 134 Å². The molecule has 2 N–H and O–H groups in total. The van der Waals surface area contributed by atoms with E-state index in [1.54, 1.807) is 18.2 Å². The van der Waals surface area contributed by atoms with Gasteiger partial charge < -0.3 is 10.6 Å². The smallest absolute Gasteiger partial charge is 0.319 e. The van der Waals surface area contributed by atoms with E-state index in [1.165, 1.54) is 0 Å². The fourth-order valence-corrected chi connectivity index (χ4v) is 2.48. The molecule has 0 aliphatic heterocycles. The number of carbonyl (C=O) groups is 1. The Balaban J connectivity index is 2.11. The van der Waals surface area contributed by atoms with Crippen LogP contribution in [0, 0.1) is 0 Å². The molecule has 5 heteroatoms. The standard InChI is InChI=1S/C16H16Cl2N2O/c1-16(2,11-8-12(17)10-13(18)9-11)20-15(21)19-14-6-4-3-5-7-14/h3-10H,1-2H3,(H2,19,20,21). The number of hydrogen-bond acceptors (Lipinski definition) is 1. The minimum absolute atomic E-state index is 0.290. The Morgan fingerprint density at radius 3 is 2.14 bits per heavy atom. The molecule has 0 bridgehead atoms. The van der Waals surface area contributed by atoms with E-state index in [2.05, 4.69) is 10.6 Å². The summed E-state index contributed by atoms with van der Waals surface area (Å²) in [5.74, 6) is 0. The number of hydrogen-bond donors (Lipinski definition) is 2. The van der Waals surface area contributed by atoms with Gasteiger partial charge in [-0.1, -0.05) is 41.4 Å². The zero-order chi connectivity index (χ0) is 15.5. The van der Waals surface area contributed by atoms with Crippen molar-refractivity contribution in [2.24, 2.45) is 0 Å². The van der Waals surface area contributed by atoms with Gasteiger partial charge in [-0.3, -0.25) is 0 Å². The lowest BCUT2D eigenvalue weighted by molar-refractivity contribution is 0.242. The number of anilines is 1. The summed E-state index contributed by atoms with van der Waals surface area (Å²) < 4.78 is 0. The number of benzene rings is 2. The van der Waals surface area contributed by atoms with Gasteiger partial charge in [0, 0.05) is 15.7 Å². The van der Waals surface area contributed by atoms with Gasteiger partial charge in [0.05, 0.1) is 5.54 Å². The Morgan fingerprint density at radius 1 is 1.00 bits per heavy atom. The van der Waals surface area contributed by atoms with Gasteiger partial charge in [0.1, 0.15) is 0 Å². The summed E-state index contributed by atoms with van der Waals surface area (Å²) in [6.45, 7) is 3.78. The molecule has 21 heavy (non-hydrogen) atoms. The Hall–Kier alpha value is -1.71. The summed E-state index contributed by atoms with van der Waals surface area (Å²) in [5, 5.41) is 6.76. The molecule has 0 atom stereocenters. The van der Waals surface area contributed by atoms with Crippen LogP contribution in [0.5, 0.6) is 0 Å². The van der Waals surface area contributed by atoms with Crippen molar-refractivity contribution < 1.29 is 4.79 Å². The van der Waals surface area contributed by atoms with E-state index in [0.717, 1.165) is 11.3 Å². The first-order valence-electron chi connectivity index (χ1n) is 6.47. The van der Waals surface area contributed by atoms with Crippen LogP contribution in [0.1, 0.15) is 19.4 Å². The SMILES string of the molecule is CC(C)(NC(=O)Nc1ccccc1)c1cc(Cl)cc(Cl)c1. The molecule has 110 valence electrons. The molecule has 2 aromatic rings. The number of nitrogens with one attached hydrogen (secondary N) is 2. The number of rotatable bonds is 3. The summed E-state index contributed by atoms with van der Waals surface area (Å²) in [7, 11) is 0. The van der Waals surface area contributed by atoms with Crippen molar-refractivity contribution in [2.45, 2.75) is 19.4 Å². The van der Waals surface area contributed by atoms with Crippen molar-refractivity contribution in [2.75, 3.05) is 5.32 Å². The molecule has 0 aliphatic carbocycles. The summed E-state index contributed by atoms with van der Waals surface area (Å²) in [4.78, 5) is 12.1. The average Bonchev–Trinajstić information content (AvgIpc) is 2.37. The number of para-hydroxylation sites is 1. The molecule has 0 fully saturated rings. The van der Waals surface area contributed by atoms with Crippen LogP contribution in [-0.4, -0.2) is 6.03 Å². The fourth-order valence-electron chi connectivity index (χ4n) is 1.95. The van der Waals surface area contributed by atoms with Crippen LogP contribution in [0.4, 0.5) is 10.5 Å². The molecular formula is C16H16Cl2N2O. The van der Waals surface area contributed by atoms with Crippen molar-refractivity contribution in [3.8, 4) is 0 Å². The van der Waals surface area contributed by atoms with Crippen molar-refractivity contribution in [1.82, 2.24) is 5.32 Å². The first-order valence-corrected chi connectivity index (χ1v) is 7.23. The molecule has 0 spiro atoms. The maximum Gasteiger partial charge on any atom is 0.319 e. The lowest BCUT2D eigenvalue weighted by Crippen LogP contribution is -2.43. The maximum absolute atomic E-state index is 12.1. The summed E-state index contributed by atoms with van der Waals surface area (Å²) in [6, 6.07) is 14.2. The van der Waals surface area contributed by atoms with Crippen molar-refractivity contribution in [1.29, 1.82) is 0 Å². The van der Waals surface area contributed by atoms with Gasteiger partial charge in [-0.15, -0.1) is 0 Å². The molecule has 0 unspecified atom stereocenters. The second-order valence-corrected chi connectivity index (χ2v) is 6.10. The van der Waals surface area contributed by atoms with Gasteiger partial charge in [0.2, 0.25) is 0 Å². The van der Waals surface area contributed by atoms with E-state index >= 15 is 0 Å². The molecule has 0 heterocycles. The van der Waals surface area contributed by atoms with E-state index < -0.39 is 5.54 Å². The average molecular weight is 323 g/mol. The van der Waals surface area contributed by atoms with Crippen LogP contribution in [0.2, 0.25) is 10.0 Å². The van der Waals surface area contributed by atoms with Crippen LogP contribution in [0.15, 0.2) is 48.5 Å². The van der Waals surface area contributed by atoms with Gasteiger partial charge in [0.25, 0.3) is 0 Å². The number of carbonyl (C=O) groups excluding carboxylic acids is 1. The first-order chi connectivity index (χ1) is 9.87. The van der Waals surface area contributed by atoms with E-state index in [9.17, 15) is 4.79 Å². The summed E-state index contributed by atoms with van der Waals surface area (Å²) >= 11 is 12.0. The second-order valence-electron chi connectivity index (χ2n) is 5.23. The topological polar surface area (TPSA) is 41.1 Å². The Morgan fingerprint density at radius 2 is 1.57 bits per heavy atom. The normalized spacial score (nSPS) is 11.0. The molecule has 2 aromatic carbocycles. The number of amides is 2. The number of halogens is 2. The zero-order valence-electron chi connectivity index (χ0n) is 11.8. The van der Waals surface area contributed by atoms with Crippen LogP contribution >= 0.6 is 23.2 Å². The molecule has 0 saturated carbocycles. The molecule has 2 rings (SSSR count). The summed E-state index contributed by atoms with van der Waals surface area (Å²) in [6.07, 6.45) is 0. The Bertz CT molecular complexity index is 622. The third kappa shape index (κ3) is 4.38. The number of urea groups is 1. The quantitative estimate of drug-likeness (QED) is 0.815. The molecule has 3 nitrogen and oxygen atoms in total. The van der Waals surface area contributed by atoms with E-state index in [4.69, 9.17) is 23.2 Å². The molecule has 2 amide bonds. The minimum Gasteiger partial charge on any atom is -0.329 e. The van der Waals surface area contributed by atoms with E-state index in [-0.39, 0.29) is 6.03 Å². The van der Waals surface area contributed by atoms with Crippen LogP contribution < -0.4 is 10.6 Å².